The Morgan fingerprint density at radius 1 is 1.46 bits per heavy atom. The number of hydrogen-bond donors (Lipinski definition) is 2. The van der Waals surface area contributed by atoms with Crippen LogP contribution in [0, 0.1) is 5.82 Å². The van der Waals surface area contributed by atoms with E-state index >= 15 is 0 Å². The molecule has 3 amide bonds. The second-order valence-corrected chi connectivity index (χ2v) is 5.04. The topological polar surface area (TPSA) is 111 Å². The monoisotopic (exact) mass is 339 g/mol. The van der Waals surface area contributed by atoms with Gasteiger partial charge in [-0.2, -0.15) is 0 Å². The van der Waals surface area contributed by atoms with Gasteiger partial charge < -0.3 is 25.4 Å². The summed E-state index contributed by atoms with van der Waals surface area (Å²) in [6.07, 6.45) is -0.955. The highest BCUT2D eigenvalue weighted by molar-refractivity contribution is 6.39. The fraction of sp³-hybridized carbons (Fsp3) is 0.400. The van der Waals surface area contributed by atoms with Crippen molar-refractivity contribution in [2.24, 2.45) is 5.73 Å². The van der Waals surface area contributed by atoms with Gasteiger partial charge in [0.15, 0.2) is 6.10 Å². The number of nitrogens with two attached hydrogens (primary N) is 1. The SMILES string of the molecule is CCOc1ccc(F)cc1NC(=O)C(=O)N1CCO[C@@H](C(N)=O)C1. The highest BCUT2D eigenvalue weighted by Crippen LogP contribution is 2.25. The van der Waals surface area contributed by atoms with Gasteiger partial charge in [0.25, 0.3) is 0 Å². The van der Waals surface area contributed by atoms with Crippen LogP contribution in [-0.2, 0) is 19.1 Å². The van der Waals surface area contributed by atoms with Crippen LogP contribution in [0.25, 0.3) is 0 Å². The van der Waals surface area contributed by atoms with E-state index in [4.69, 9.17) is 15.2 Å². The Labute approximate surface area is 137 Å². The van der Waals surface area contributed by atoms with Crippen LogP contribution in [-0.4, -0.2) is 55.0 Å². The van der Waals surface area contributed by atoms with E-state index in [0.717, 1.165) is 11.0 Å². The van der Waals surface area contributed by atoms with E-state index in [9.17, 15) is 18.8 Å². The second kappa shape index (κ2) is 7.73. The number of nitrogens with one attached hydrogen (secondary N) is 1. The van der Waals surface area contributed by atoms with Crippen LogP contribution < -0.4 is 15.8 Å². The van der Waals surface area contributed by atoms with Crippen LogP contribution in [0.2, 0.25) is 0 Å². The van der Waals surface area contributed by atoms with Crippen molar-refractivity contribution in [3.63, 3.8) is 0 Å². The lowest BCUT2D eigenvalue weighted by Crippen LogP contribution is -2.52. The molecule has 0 unspecified atom stereocenters. The molecule has 2 rings (SSSR count). The Morgan fingerprint density at radius 3 is 2.88 bits per heavy atom. The Balaban J connectivity index is 2.08. The lowest BCUT2D eigenvalue weighted by atomic mass is 10.2. The molecule has 9 heteroatoms. The molecule has 1 aromatic carbocycles. The standard InChI is InChI=1S/C15H18FN3O5/c1-2-23-11-4-3-9(16)7-10(11)18-14(21)15(22)19-5-6-24-12(8-19)13(17)20/h3-4,7,12H,2,5-6,8H2,1H3,(H2,17,20)(H,18,21)/t12-/m1/s1. The number of morpholine rings is 1. The molecule has 1 aromatic rings. The zero-order valence-corrected chi connectivity index (χ0v) is 13.1. The van der Waals surface area contributed by atoms with Crippen molar-refractivity contribution in [2.45, 2.75) is 13.0 Å². The van der Waals surface area contributed by atoms with Gasteiger partial charge in [0.1, 0.15) is 11.6 Å². The molecule has 1 saturated heterocycles. The molecule has 0 radical (unpaired) electrons. The highest BCUT2D eigenvalue weighted by Gasteiger charge is 2.31. The number of benzene rings is 1. The van der Waals surface area contributed by atoms with Crippen molar-refractivity contribution in [3.05, 3.63) is 24.0 Å². The molecule has 0 spiro atoms. The number of amides is 3. The van der Waals surface area contributed by atoms with E-state index in [1.54, 1.807) is 6.92 Å². The summed E-state index contributed by atoms with van der Waals surface area (Å²) in [6.45, 7) is 2.18. The van der Waals surface area contributed by atoms with Crippen molar-refractivity contribution >= 4 is 23.4 Å². The first-order chi connectivity index (χ1) is 11.4. The fourth-order valence-electron chi connectivity index (χ4n) is 2.21. The van der Waals surface area contributed by atoms with Gasteiger partial charge >= 0.3 is 11.8 Å². The molecule has 130 valence electrons. The Morgan fingerprint density at radius 2 is 2.21 bits per heavy atom. The quantitative estimate of drug-likeness (QED) is 0.743. The van der Waals surface area contributed by atoms with E-state index in [-0.39, 0.29) is 31.1 Å². The molecule has 0 saturated carbocycles. The average molecular weight is 339 g/mol. The molecule has 0 aromatic heterocycles. The summed E-state index contributed by atoms with van der Waals surface area (Å²) >= 11 is 0. The van der Waals surface area contributed by atoms with E-state index in [1.165, 1.54) is 12.1 Å². The molecule has 1 fully saturated rings. The number of rotatable bonds is 4. The lowest BCUT2D eigenvalue weighted by Gasteiger charge is -2.30. The van der Waals surface area contributed by atoms with Crippen LogP contribution in [0.1, 0.15) is 6.92 Å². The van der Waals surface area contributed by atoms with Gasteiger partial charge in [0.05, 0.1) is 25.4 Å². The van der Waals surface area contributed by atoms with Gasteiger partial charge in [-0.25, -0.2) is 4.39 Å². The van der Waals surface area contributed by atoms with E-state index in [0.29, 0.717) is 6.61 Å². The number of ether oxygens (including phenoxy) is 2. The maximum Gasteiger partial charge on any atom is 0.314 e. The first-order valence-electron chi connectivity index (χ1n) is 7.36. The second-order valence-electron chi connectivity index (χ2n) is 5.04. The lowest BCUT2D eigenvalue weighted by molar-refractivity contribution is -0.151. The highest BCUT2D eigenvalue weighted by atomic mass is 19.1. The smallest absolute Gasteiger partial charge is 0.314 e. The van der Waals surface area contributed by atoms with Crippen LogP contribution in [0.15, 0.2) is 18.2 Å². The third kappa shape index (κ3) is 4.19. The third-order valence-corrected chi connectivity index (χ3v) is 3.35. The fourth-order valence-corrected chi connectivity index (χ4v) is 2.21. The zero-order chi connectivity index (χ0) is 17.7. The molecule has 8 nitrogen and oxygen atoms in total. The van der Waals surface area contributed by atoms with Gasteiger partial charge in [0.2, 0.25) is 5.91 Å². The van der Waals surface area contributed by atoms with Crippen LogP contribution in [0.4, 0.5) is 10.1 Å². The van der Waals surface area contributed by atoms with Crippen molar-refractivity contribution < 1.29 is 28.2 Å². The summed E-state index contributed by atoms with van der Waals surface area (Å²) in [5.41, 5.74) is 5.19. The maximum atomic E-state index is 13.4. The predicted octanol–water partition coefficient (Wildman–Crippen LogP) is -0.124. The number of hydrogen-bond acceptors (Lipinski definition) is 5. The van der Waals surface area contributed by atoms with Gasteiger partial charge in [-0.15, -0.1) is 0 Å². The normalized spacial score (nSPS) is 17.2. The molecule has 0 aliphatic carbocycles. The van der Waals surface area contributed by atoms with Gasteiger partial charge in [-0.05, 0) is 19.1 Å². The number of anilines is 1. The van der Waals surface area contributed by atoms with Crippen molar-refractivity contribution in [1.29, 1.82) is 0 Å². The molecule has 1 atom stereocenters. The summed E-state index contributed by atoms with van der Waals surface area (Å²) in [7, 11) is 0. The van der Waals surface area contributed by atoms with E-state index < -0.39 is 29.6 Å². The number of primary amides is 1. The zero-order valence-electron chi connectivity index (χ0n) is 13.1. The minimum absolute atomic E-state index is 0.0508. The first-order valence-corrected chi connectivity index (χ1v) is 7.36. The summed E-state index contributed by atoms with van der Waals surface area (Å²) in [5, 5.41) is 2.33. The van der Waals surface area contributed by atoms with Crippen LogP contribution in [0.3, 0.4) is 0 Å². The minimum Gasteiger partial charge on any atom is -0.492 e. The average Bonchev–Trinajstić information content (AvgIpc) is 2.56. The van der Waals surface area contributed by atoms with Crippen molar-refractivity contribution in [3.8, 4) is 5.75 Å². The maximum absolute atomic E-state index is 13.4. The predicted molar refractivity (Wildman–Crippen MR) is 81.7 cm³/mol. The number of halogens is 1. The van der Waals surface area contributed by atoms with Gasteiger partial charge in [-0.1, -0.05) is 0 Å². The molecule has 1 aliphatic rings. The Bertz CT molecular complexity index is 652. The Hall–Kier alpha value is -2.68. The van der Waals surface area contributed by atoms with E-state index in [2.05, 4.69) is 5.32 Å². The van der Waals surface area contributed by atoms with Crippen molar-refractivity contribution in [1.82, 2.24) is 4.90 Å². The van der Waals surface area contributed by atoms with Crippen LogP contribution >= 0.6 is 0 Å². The molecule has 0 bridgehead atoms. The summed E-state index contributed by atoms with van der Waals surface area (Å²) in [6, 6.07) is 3.60. The van der Waals surface area contributed by atoms with Crippen molar-refractivity contribution in [2.75, 3.05) is 31.6 Å². The Kier molecular flexibility index (Phi) is 5.69. The summed E-state index contributed by atoms with van der Waals surface area (Å²) in [5.74, 6) is -2.88. The minimum atomic E-state index is -0.966. The third-order valence-electron chi connectivity index (χ3n) is 3.35. The molecule has 1 aliphatic heterocycles. The van der Waals surface area contributed by atoms with E-state index in [1.807, 2.05) is 0 Å². The number of nitrogens with zero attached hydrogens (tertiary/aromatic N) is 1. The largest absolute Gasteiger partial charge is 0.492 e. The molecule has 24 heavy (non-hydrogen) atoms. The summed E-state index contributed by atoms with van der Waals surface area (Å²) < 4.78 is 23.8. The molecule has 3 N–H and O–H groups in total. The first kappa shape index (κ1) is 17.7. The molecule has 1 heterocycles. The molecular weight excluding hydrogens is 321 g/mol. The van der Waals surface area contributed by atoms with Crippen LogP contribution in [0.5, 0.6) is 5.75 Å². The summed E-state index contributed by atoms with van der Waals surface area (Å²) in [4.78, 5) is 36.6. The van der Waals surface area contributed by atoms with Gasteiger partial charge in [-0.3, -0.25) is 14.4 Å². The number of carbonyl (C=O) groups is 3. The van der Waals surface area contributed by atoms with Gasteiger partial charge in [0, 0.05) is 12.6 Å². The molecular formula is C15H18FN3O5. The number of carbonyl (C=O) groups excluding carboxylic acids is 3.